The van der Waals surface area contributed by atoms with Crippen molar-refractivity contribution in [1.82, 2.24) is 15.5 Å². The quantitative estimate of drug-likeness (QED) is 0.836. The number of hydrogen-bond acceptors (Lipinski definition) is 5. The summed E-state index contributed by atoms with van der Waals surface area (Å²) in [4.78, 5) is 16.4. The molecule has 3 N–H and O–H groups in total. The maximum absolute atomic E-state index is 11.9. The van der Waals surface area contributed by atoms with Crippen LogP contribution in [0.15, 0.2) is 4.52 Å². The van der Waals surface area contributed by atoms with Crippen LogP contribution < -0.4 is 11.1 Å². The van der Waals surface area contributed by atoms with Crippen molar-refractivity contribution in [2.45, 2.75) is 76.8 Å². The van der Waals surface area contributed by atoms with Gasteiger partial charge in [0.2, 0.25) is 11.8 Å². The molecule has 1 aliphatic carbocycles. The van der Waals surface area contributed by atoms with Gasteiger partial charge in [0, 0.05) is 5.92 Å². The molecule has 1 aromatic rings. The van der Waals surface area contributed by atoms with Crippen LogP contribution in [0.5, 0.6) is 0 Å². The van der Waals surface area contributed by atoms with E-state index in [0.717, 1.165) is 25.1 Å². The number of amides is 1. The first-order chi connectivity index (χ1) is 10.1. The van der Waals surface area contributed by atoms with E-state index in [4.69, 9.17) is 10.3 Å². The van der Waals surface area contributed by atoms with Crippen LogP contribution >= 0.6 is 12.4 Å². The Kier molecular flexibility index (Phi) is 7.82. The first-order valence-electron chi connectivity index (χ1n) is 8.01. The van der Waals surface area contributed by atoms with Gasteiger partial charge in [-0.3, -0.25) is 4.79 Å². The Balaban J connectivity index is 0.00000242. The van der Waals surface area contributed by atoms with E-state index >= 15 is 0 Å². The van der Waals surface area contributed by atoms with Gasteiger partial charge in [0.1, 0.15) is 6.04 Å². The van der Waals surface area contributed by atoms with E-state index in [0.29, 0.717) is 18.2 Å². The van der Waals surface area contributed by atoms with Gasteiger partial charge < -0.3 is 15.6 Å². The molecular weight excluding hydrogens is 304 g/mol. The summed E-state index contributed by atoms with van der Waals surface area (Å²) < 4.78 is 5.30. The average Bonchev–Trinajstić information content (AvgIpc) is 2.98. The Labute approximate surface area is 138 Å². The highest BCUT2D eigenvalue weighted by atomic mass is 35.5. The van der Waals surface area contributed by atoms with Gasteiger partial charge in [0.15, 0.2) is 5.82 Å². The van der Waals surface area contributed by atoms with Crippen molar-refractivity contribution in [3.05, 3.63) is 11.7 Å². The molecule has 22 heavy (non-hydrogen) atoms. The minimum atomic E-state index is -0.474. The third kappa shape index (κ3) is 4.95. The zero-order valence-corrected chi connectivity index (χ0v) is 14.2. The van der Waals surface area contributed by atoms with Crippen LogP contribution in [0.25, 0.3) is 0 Å². The molecule has 1 amide bonds. The summed E-state index contributed by atoms with van der Waals surface area (Å²) in [5.41, 5.74) is 5.80. The summed E-state index contributed by atoms with van der Waals surface area (Å²) in [6.45, 7) is 3.85. The molecule has 2 atom stereocenters. The number of carbonyl (C=O) groups is 1. The maximum atomic E-state index is 11.9. The summed E-state index contributed by atoms with van der Waals surface area (Å²) in [6.07, 6.45) is 7.57. The maximum Gasteiger partial charge on any atom is 0.248 e. The van der Waals surface area contributed by atoms with Crippen molar-refractivity contribution < 1.29 is 9.32 Å². The fraction of sp³-hybridized carbons (Fsp3) is 0.800. The van der Waals surface area contributed by atoms with Crippen LogP contribution in [0, 0.1) is 0 Å². The highest BCUT2D eigenvalue weighted by Crippen LogP contribution is 2.31. The van der Waals surface area contributed by atoms with Gasteiger partial charge in [-0.05, 0) is 26.2 Å². The number of carbonyl (C=O) groups excluding carboxylic acids is 1. The van der Waals surface area contributed by atoms with E-state index < -0.39 is 6.04 Å². The molecule has 1 aromatic heterocycles. The van der Waals surface area contributed by atoms with Crippen molar-refractivity contribution in [2.75, 3.05) is 0 Å². The Morgan fingerprint density at radius 1 is 1.41 bits per heavy atom. The number of halogens is 1. The van der Waals surface area contributed by atoms with E-state index in [-0.39, 0.29) is 24.4 Å². The average molecular weight is 331 g/mol. The number of hydrogen-bond donors (Lipinski definition) is 2. The lowest BCUT2D eigenvalue weighted by atomic mass is 9.89. The summed E-state index contributed by atoms with van der Waals surface area (Å²) in [5.74, 6) is 1.49. The lowest BCUT2D eigenvalue weighted by Crippen LogP contribution is -2.41. The van der Waals surface area contributed by atoms with Crippen molar-refractivity contribution in [3.8, 4) is 0 Å². The molecule has 1 fully saturated rings. The van der Waals surface area contributed by atoms with Gasteiger partial charge in [-0.2, -0.15) is 4.98 Å². The second-order valence-corrected chi connectivity index (χ2v) is 5.95. The van der Waals surface area contributed by atoms with Gasteiger partial charge >= 0.3 is 0 Å². The molecule has 2 rings (SSSR count). The normalized spacial score (nSPS) is 18.3. The molecule has 1 saturated carbocycles. The zero-order valence-electron chi connectivity index (χ0n) is 13.4. The number of aromatic nitrogens is 2. The predicted octanol–water partition coefficient (Wildman–Crippen LogP) is 2.84. The number of rotatable bonds is 6. The molecule has 1 heterocycles. The Hall–Kier alpha value is -1.14. The molecule has 126 valence electrons. The summed E-state index contributed by atoms with van der Waals surface area (Å²) >= 11 is 0. The summed E-state index contributed by atoms with van der Waals surface area (Å²) in [5, 5.41) is 6.92. The second-order valence-electron chi connectivity index (χ2n) is 5.95. The van der Waals surface area contributed by atoms with E-state index in [1.807, 2.05) is 13.8 Å². The monoisotopic (exact) mass is 330 g/mol. The minimum Gasteiger partial charge on any atom is -0.343 e. The van der Waals surface area contributed by atoms with E-state index in [1.54, 1.807) is 0 Å². The van der Waals surface area contributed by atoms with E-state index in [2.05, 4.69) is 15.5 Å². The van der Waals surface area contributed by atoms with Crippen molar-refractivity contribution in [1.29, 1.82) is 0 Å². The standard InChI is InChI=1S/C15H26N4O2.ClH/c1-3-7-12(16)14(20)17-10(2)15-18-13(19-21-15)11-8-5-4-6-9-11;/h10-12H,3-9,16H2,1-2H3,(H,17,20);1H. The summed E-state index contributed by atoms with van der Waals surface area (Å²) in [6, 6.07) is -0.775. The Bertz CT molecular complexity index is 460. The fourth-order valence-electron chi connectivity index (χ4n) is 2.77. The van der Waals surface area contributed by atoms with Crippen molar-refractivity contribution >= 4 is 18.3 Å². The molecule has 0 bridgehead atoms. The van der Waals surface area contributed by atoms with Crippen LogP contribution in [0.3, 0.4) is 0 Å². The smallest absolute Gasteiger partial charge is 0.248 e. The molecule has 6 nitrogen and oxygen atoms in total. The van der Waals surface area contributed by atoms with Crippen LogP contribution in [0.2, 0.25) is 0 Å². The Morgan fingerprint density at radius 2 is 2.09 bits per heavy atom. The Morgan fingerprint density at radius 3 is 2.73 bits per heavy atom. The summed E-state index contributed by atoms with van der Waals surface area (Å²) in [7, 11) is 0. The molecule has 0 aliphatic heterocycles. The van der Waals surface area contributed by atoms with Gasteiger partial charge in [-0.15, -0.1) is 12.4 Å². The second kappa shape index (κ2) is 9.10. The highest BCUT2D eigenvalue weighted by molar-refractivity contribution is 5.85. The largest absolute Gasteiger partial charge is 0.343 e. The van der Waals surface area contributed by atoms with Crippen molar-refractivity contribution in [2.24, 2.45) is 5.73 Å². The fourth-order valence-corrected chi connectivity index (χ4v) is 2.77. The highest BCUT2D eigenvalue weighted by Gasteiger charge is 2.24. The number of nitrogens with two attached hydrogens (primary N) is 1. The lowest BCUT2D eigenvalue weighted by Gasteiger charge is -2.17. The molecule has 2 unspecified atom stereocenters. The van der Waals surface area contributed by atoms with Crippen LogP contribution in [-0.4, -0.2) is 22.1 Å². The van der Waals surface area contributed by atoms with Crippen molar-refractivity contribution in [3.63, 3.8) is 0 Å². The van der Waals surface area contributed by atoms with Crippen LogP contribution in [-0.2, 0) is 4.79 Å². The molecular formula is C15H27ClN4O2. The van der Waals surface area contributed by atoms with Crippen LogP contribution in [0.4, 0.5) is 0 Å². The molecule has 1 aliphatic rings. The van der Waals surface area contributed by atoms with Gasteiger partial charge in [-0.25, -0.2) is 0 Å². The van der Waals surface area contributed by atoms with Gasteiger partial charge in [0.25, 0.3) is 0 Å². The third-order valence-corrected chi connectivity index (χ3v) is 4.09. The molecule has 0 radical (unpaired) electrons. The first-order valence-corrected chi connectivity index (χ1v) is 8.01. The molecule has 0 saturated heterocycles. The zero-order chi connectivity index (χ0) is 15.2. The number of nitrogens with zero attached hydrogens (tertiary/aromatic N) is 2. The van der Waals surface area contributed by atoms with Gasteiger partial charge in [0.05, 0.1) is 6.04 Å². The van der Waals surface area contributed by atoms with E-state index in [1.165, 1.54) is 19.3 Å². The SMILES string of the molecule is CCCC(N)C(=O)NC(C)c1nc(C2CCCCC2)no1.Cl. The predicted molar refractivity (Wildman–Crippen MR) is 86.8 cm³/mol. The molecule has 0 spiro atoms. The topological polar surface area (TPSA) is 94.0 Å². The third-order valence-electron chi connectivity index (χ3n) is 4.09. The van der Waals surface area contributed by atoms with Gasteiger partial charge in [-0.1, -0.05) is 37.8 Å². The van der Waals surface area contributed by atoms with Crippen LogP contribution in [0.1, 0.15) is 82.5 Å². The number of nitrogens with one attached hydrogen (secondary N) is 1. The lowest BCUT2D eigenvalue weighted by molar-refractivity contribution is -0.123. The molecule has 7 heteroatoms. The van der Waals surface area contributed by atoms with E-state index in [9.17, 15) is 4.79 Å². The minimum absolute atomic E-state index is 0. The first kappa shape index (κ1) is 18.9. The molecule has 0 aromatic carbocycles.